The summed E-state index contributed by atoms with van der Waals surface area (Å²) in [6, 6.07) is 1.84. The van der Waals surface area contributed by atoms with Crippen molar-refractivity contribution in [3.63, 3.8) is 0 Å². The van der Waals surface area contributed by atoms with Gasteiger partial charge < -0.3 is 5.32 Å². The van der Waals surface area contributed by atoms with E-state index in [9.17, 15) is 0 Å². The lowest BCUT2D eigenvalue weighted by Crippen LogP contribution is -2.20. The number of aryl methyl sites for hydroxylation is 1. The van der Waals surface area contributed by atoms with Gasteiger partial charge in [0.15, 0.2) is 0 Å². The first-order valence-corrected chi connectivity index (χ1v) is 7.89. The summed E-state index contributed by atoms with van der Waals surface area (Å²) < 4.78 is 0. The molecular formula is C15H22ClN3. The Balaban J connectivity index is 1.60. The number of hydrogen-bond acceptors (Lipinski definition) is 3. The molecule has 3 unspecified atom stereocenters. The van der Waals surface area contributed by atoms with Crippen molar-refractivity contribution in [3.8, 4) is 0 Å². The second kappa shape index (κ2) is 5.66. The second-order valence-electron chi connectivity index (χ2n) is 6.06. The van der Waals surface area contributed by atoms with E-state index in [1.165, 1.54) is 25.7 Å². The fraction of sp³-hybridized carbons (Fsp3) is 0.733. The molecule has 1 heterocycles. The number of rotatable bonds is 5. The maximum Gasteiger partial charge on any atom is 0.134 e. The van der Waals surface area contributed by atoms with Gasteiger partial charge in [0, 0.05) is 19.0 Å². The molecule has 104 valence electrons. The van der Waals surface area contributed by atoms with Crippen molar-refractivity contribution in [3.05, 3.63) is 17.0 Å². The molecule has 3 nitrogen and oxygen atoms in total. The third-order valence-corrected chi connectivity index (χ3v) is 4.84. The lowest BCUT2D eigenvalue weighted by Gasteiger charge is -2.22. The van der Waals surface area contributed by atoms with Crippen LogP contribution >= 0.6 is 11.6 Å². The zero-order chi connectivity index (χ0) is 13.2. The van der Waals surface area contributed by atoms with Gasteiger partial charge in [-0.15, -0.1) is 0 Å². The van der Waals surface area contributed by atoms with Gasteiger partial charge in [0.25, 0.3) is 0 Å². The average molecular weight is 280 g/mol. The normalized spacial score (nSPS) is 28.8. The van der Waals surface area contributed by atoms with Crippen LogP contribution in [0, 0.1) is 17.8 Å². The van der Waals surface area contributed by atoms with Crippen LogP contribution in [-0.2, 0) is 6.42 Å². The van der Waals surface area contributed by atoms with Gasteiger partial charge in [-0.3, -0.25) is 0 Å². The third kappa shape index (κ3) is 3.02. The van der Waals surface area contributed by atoms with Gasteiger partial charge in [0.2, 0.25) is 0 Å². The average Bonchev–Trinajstić information content (AvgIpc) is 2.98. The van der Waals surface area contributed by atoms with E-state index in [2.05, 4.69) is 22.2 Å². The highest BCUT2D eigenvalue weighted by molar-refractivity contribution is 6.29. The van der Waals surface area contributed by atoms with Gasteiger partial charge in [-0.25, -0.2) is 9.97 Å². The number of nitrogens with zero attached hydrogens (tertiary/aromatic N) is 2. The summed E-state index contributed by atoms with van der Waals surface area (Å²) in [5.74, 6) is 4.53. The number of aromatic nitrogens is 2. The smallest absolute Gasteiger partial charge is 0.134 e. The van der Waals surface area contributed by atoms with E-state index in [1.807, 2.05) is 6.07 Å². The van der Waals surface area contributed by atoms with E-state index >= 15 is 0 Å². The van der Waals surface area contributed by atoms with Gasteiger partial charge in [-0.2, -0.15) is 0 Å². The monoisotopic (exact) mass is 279 g/mol. The molecule has 0 amide bonds. The van der Waals surface area contributed by atoms with Crippen molar-refractivity contribution >= 4 is 17.4 Å². The van der Waals surface area contributed by atoms with Crippen molar-refractivity contribution in [2.24, 2.45) is 17.8 Å². The Kier molecular flexibility index (Phi) is 3.92. The van der Waals surface area contributed by atoms with Crippen LogP contribution in [0.4, 0.5) is 5.82 Å². The molecule has 2 aliphatic rings. The minimum atomic E-state index is 0.550. The van der Waals surface area contributed by atoms with Crippen LogP contribution in [-0.4, -0.2) is 16.5 Å². The maximum absolute atomic E-state index is 6.05. The molecule has 0 aromatic carbocycles. The first-order chi connectivity index (χ1) is 9.24. The van der Waals surface area contributed by atoms with Crippen LogP contribution in [0.3, 0.4) is 0 Å². The first kappa shape index (κ1) is 13.2. The van der Waals surface area contributed by atoms with E-state index in [0.29, 0.717) is 5.15 Å². The molecule has 2 saturated carbocycles. The zero-order valence-electron chi connectivity index (χ0n) is 11.5. The molecule has 1 N–H and O–H groups in total. The predicted molar refractivity (Wildman–Crippen MR) is 78.5 cm³/mol. The topological polar surface area (TPSA) is 37.8 Å². The lowest BCUT2D eigenvalue weighted by atomic mass is 9.89. The van der Waals surface area contributed by atoms with Crippen molar-refractivity contribution in [2.45, 2.75) is 45.4 Å². The number of anilines is 1. The number of hydrogen-bond donors (Lipinski definition) is 1. The van der Waals surface area contributed by atoms with Crippen molar-refractivity contribution < 1.29 is 0 Å². The Morgan fingerprint density at radius 1 is 1.32 bits per heavy atom. The fourth-order valence-corrected chi connectivity index (χ4v) is 3.95. The van der Waals surface area contributed by atoms with Crippen molar-refractivity contribution in [1.29, 1.82) is 0 Å². The van der Waals surface area contributed by atoms with Crippen molar-refractivity contribution in [1.82, 2.24) is 9.97 Å². The molecule has 0 saturated heterocycles. The standard InChI is InChI=1S/C15H22ClN3/c1-2-3-14-18-13(16)8-15(19-14)17-9-12-7-10-4-5-11(12)6-10/h8,10-12H,2-7,9H2,1H3,(H,17,18,19). The molecule has 2 fully saturated rings. The number of fused-ring (bicyclic) bond motifs is 2. The van der Waals surface area contributed by atoms with E-state index in [4.69, 9.17) is 11.6 Å². The van der Waals surface area contributed by atoms with E-state index in [1.54, 1.807) is 0 Å². The number of nitrogens with one attached hydrogen (secondary N) is 1. The minimum absolute atomic E-state index is 0.550. The molecule has 3 rings (SSSR count). The highest BCUT2D eigenvalue weighted by Crippen LogP contribution is 2.48. The highest BCUT2D eigenvalue weighted by Gasteiger charge is 2.39. The molecule has 3 atom stereocenters. The van der Waals surface area contributed by atoms with E-state index in [0.717, 1.165) is 48.8 Å². The molecule has 0 radical (unpaired) electrons. The molecular weight excluding hydrogens is 258 g/mol. The summed E-state index contributed by atoms with van der Waals surface area (Å²) in [4.78, 5) is 8.80. The summed E-state index contributed by atoms with van der Waals surface area (Å²) >= 11 is 6.05. The summed E-state index contributed by atoms with van der Waals surface area (Å²) in [6.45, 7) is 3.17. The zero-order valence-corrected chi connectivity index (χ0v) is 12.3. The summed E-state index contributed by atoms with van der Waals surface area (Å²) in [6.07, 6.45) is 7.69. The maximum atomic E-state index is 6.05. The van der Waals surface area contributed by atoms with Gasteiger partial charge >= 0.3 is 0 Å². The van der Waals surface area contributed by atoms with Gasteiger partial charge in [-0.1, -0.05) is 24.9 Å². The van der Waals surface area contributed by atoms with Gasteiger partial charge in [0.1, 0.15) is 16.8 Å². The highest BCUT2D eigenvalue weighted by atomic mass is 35.5. The first-order valence-electron chi connectivity index (χ1n) is 7.52. The Morgan fingerprint density at radius 3 is 2.89 bits per heavy atom. The largest absolute Gasteiger partial charge is 0.370 e. The van der Waals surface area contributed by atoms with E-state index < -0.39 is 0 Å². The Bertz CT molecular complexity index is 449. The molecule has 19 heavy (non-hydrogen) atoms. The summed E-state index contributed by atoms with van der Waals surface area (Å²) in [7, 11) is 0. The van der Waals surface area contributed by atoms with Crippen LogP contribution in [0.2, 0.25) is 5.15 Å². The van der Waals surface area contributed by atoms with Crippen LogP contribution in [0.25, 0.3) is 0 Å². The molecule has 4 heteroatoms. The Morgan fingerprint density at radius 2 is 2.21 bits per heavy atom. The molecule has 1 aromatic heterocycles. The second-order valence-corrected chi connectivity index (χ2v) is 6.45. The number of halogens is 1. The summed E-state index contributed by atoms with van der Waals surface area (Å²) in [5.41, 5.74) is 0. The fourth-order valence-electron chi connectivity index (χ4n) is 3.75. The molecule has 2 bridgehead atoms. The quantitative estimate of drug-likeness (QED) is 0.830. The molecule has 0 aliphatic heterocycles. The van der Waals surface area contributed by atoms with Crippen LogP contribution in [0.1, 0.15) is 44.9 Å². The van der Waals surface area contributed by atoms with E-state index in [-0.39, 0.29) is 0 Å². The van der Waals surface area contributed by atoms with Gasteiger partial charge in [-0.05, 0) is 43.4 Å². The minimum Gasteiger partial charge on any atom is -0.370 e. The van der Waals surface area contributed by atoms with Crippen LogP contribution in [0.15, 0.2) is 6.07 Å². The lowest BCUT2D eigenvalue weighted by molar-refractivity contribution is 0.348. The van der Waals surface area contributed by atoms with Gasteiger partial charge in [0.05, 0.1) is 0 Å². The summed E-state index contributed by atoms with van der Waals surface area (Å²) in [5, 5.41) is 4.03. The molecule has 0 spiro atoms. The van der Waals surface area contributed by atoms with Crippen LogP contribution < -0.4 is 5.32 Å². The SMILES string of the molecule is CCCc1nc(Cl)cc(NCC2CC3CCC2C3)n1. The third-order valence-electron chi connectivity index (χ3n) is 4.64. The Labute approximate surface area is 120 Å². The molecule has 2 aliphatic carbocycles. The van der Waals surface area contributed by atoms with Crippen molar-refractivity contribution in [2.75, 3.05) is 11.9 Å². The van der Waals surface area contributed by atoms with Crippen LogP contribution in [0.5, 0.6) is 0 Å². The predicted octanol–water partition coefficient (Wildman–Crippen LogP) is 3.93. The Hall–Kier alpha value is -0.830. The molecule has 1 aromatic rings.